The Balaban J connectivity index is 1.44. The van der Waals surface area contributed by atoms with Crippen LogP contribution in [0, 0.1) is 0 Å². The molecule has 0 fully saturated rings. The third kappa shape index (κ3) is 4.46. The summed E-state index contributed by atoms with van der Waals surface area (Å²) in [5, 5.41) is 0.552. The van der Waals surface area contributed by atoms with Crippen LogP contribution in [0.15, 0.2) is 82.6 Å². The first-order chi connectivity index (χ1) is 14.6. The van der Waals surface area contributed by atoms with Gasteiger partial charge < -0.3 is 9.47 Å². The lowest BCUT2D eigenvalue weighted by Crippen LogP contribution is -2.30. The highest BCUT2D eigenvalue weighted by molar-refractivity contribution is 7.99. The average molecular weight is 421 g/mol. The number of rotatable bonds is 6. The van der Waals surface area contributed by atoms with Crippen molar-refractivity contribution >= 4 is 23.7 Å². The SMILES string of the molecule is O=C(OCc1ccccc1)c1cc2n(c(=O)c1)C(C(=O)OCc1ccccc1)CS2. The van der Waals surface area contributed by atoms with E-state index < -0.39 is 23.5 Å². The van der Waals surface area contributed by atoms with E-state index in [9.17, 15) is 14.4 Å². The van der Waals surface area contributed by atoms with Gasteiger partial charge in [0.2, 0.25) is 0 Å². The molecule has 7 heteroatoms. The molecule has 1 unspecified atom stereocenters. The summed E-state index contributed by atoms with van der Waals surface area (Å²) >= 11 is 1.34. The third-order valence-corrected chi connectivity index (χ3v) is 5.77. The molecule has 30 heavy (non-hydrogen) atoms. The molecule has 6 nitrogen and oxygen atoms in total. The summed E-state index contributed by atoms with van der Waals surface area (Å²) in [6, 6.07) is 20.7. The number of carbonyl (C=O) groups is 2. The van der Waals surface area contributed by atoms with Crippen LogP contribution in [0.1, 0.15) is 27.5 Å². The number of fused-ring (bicyclic) bond motifs is 1. The number of benzene rings is 2. The van der Waals surface area contributed by atoms with Gasteiger partial charge in [0.25, 0.3) is 5.56 Å². The predicted molar refractivity (Wildman–Crippen MR) is 112 cm³/mol. The van der Waals surface area contributed by atoms with Gasteiger partial charge in [-0.2, -0.15) is 0 Å². The van der Waals surface area contributed by atoms with Crippen LogP contribution in [0.2, 0.25) is 0 Å². The number of aromatic nitrogens is 1. The Kier molecular flexibility index (Phi) is 5.99. The van der Waals surface area contributed by atoms with Crippen molar-refractivity contribution in [2.45, 2.75) is 24.3 Å². The smallest absolute Gasteiger partial charge is 0.338 e. The fourth-order valence-electron chi connectivity index (χ4n) is 3.14. The summed E-state index contributed by atoms with van der Waals surface area (Å²) in [5.41, 5.74) is 1.48. The summed E-state index contributed by atoms with van der Waals surface area (Å²) in [5.74, 6) is -0.660. The number of ether oxygens (including phenoxy) is 2. The number of hydrogen-bond donors (Lipinski definition) is 0. The van der Waals surface area contributed by atoms with E-state index in [-0.39, 0.29) is 18.8 Å². The monoisotopic (exact) mass is 421 g/mol. The number of pyridine rings is 1. The Hall–Kier alpha value is -3.32. The van der Waals surface area contributed by atoms with Crippen LogP contribution < -0.4 is 5.56 Å². The second-order valence-corrected chi connectivity index (χ2v) is 7.81. The molecule has 1 aromatic heterocycles. The lowest BCUT2D eigenvalue weighted by atomic mass is 10.2. The minimum atomic E-state index is -0.712. The maximum absolute atomic E-state index is 12.6. The van der Waals surface area contributed by atoms with Gasteiger partial charge in [-0.15, -0.1) is 11.8 Å². The second-order valence-electron chi connectivity index (χ2n) is 6.77. The number of thioether (sulfide) groups is 1. The van der Waals surface area contributed by atoms with Crippen molar-refractivity contribution in [1.29, 1.82) is 0 Å². The van der Waals surface area contributed by atoms with Crippen molar-refractivity contribution in [3.8, 4) is 0 Å². The van der Waals surface area contributed by atoms with E-state index in [0.717, 1.165) is 11.1 Å². The van der Waals surface area contributed by atoms with Crippen LogP contribution in [0.3, 0.4) is 0 Å². The molecule has 1 atom stereocenters. The van der Waals surface area contributed by atoms with Crippen LogP contribution in [0.5, 0.6) is 0 Å². The number of nitrogens with zero attached hydrogens (tertiary/aromatic N) is 1. The first-order valence-electron chi connectivity index (χ1n) is 9.43. The molecule has 0 radical (unpaired) electrons. The van der Waals surface area contributed by atoms with Gasteiger partial charge in [0.1, 0.15) is 19.3 Å². The van der Waals surface area contributed by atoms with E-state index in [2.05, 4.69) is 0 Å². The molecule has 1 aliphatic rings. The zero-order valence-corrected chi connectivity index (χ0v) is 16.8. The zero-order chi connectivity index (χ0) is 20.9. The summed E-state index contributed by atoms with van der Waals surface area (Å²) in [6.45, 7) is 0.272. The van der Waals surface area contributed by atoms with Crippen LogP contribution >= 0.6 is 11.8 Å². The van der Waals surface area contributed by atoms with Crippen molar-refractivity contribution in [3.05, 3.63) is 99.8 Å². The minimum Gasteiger partial charge on any atom is -0.459 e. The Morgan fingerprint density at radius 3 is 2.13 bits per heavy atom. The van der Waals surface area contributed by atoms with Crippen LogP contribution in [0.25, 0.3) is 0 Å². The van der Waals surface area contributed by atoms with Crippen molar-refractivity contribution in [3.63, 3.8) is 0 Å². The maximum atomic E-state index is 12.6. The fraction of sp³-hybridized carbons (Fsp3) is 0.174. The summed E-state index contributed by atoms with van der Waals surface area (Å²) in [7, 11) is 0. The van der Waals surface area contributed by atoms with Gasteiger partial charge in [0.15, 0.2) is 0 Å². The van der Waals surface area contributed by atoms with Crippen molar-refractivity contribution in [2.24, 2.45) is 0 Å². The molecular weight excluding hydrogens is 402 g/mol. The maximum Gasteiger partial charge on any atom is 0.338 e. The molecule has 152 valence electrons. The fourth-order valence-corrected chi connectivity index (χ4v) is 4.32. The number of esters is 2. The van der Waals surface area contributed by atoms with E-state index in [1.54, 1.807) is 6.07 Å². The molecule has 0 spiro atoms. The molecule has 0 saturated carbocycles. The zero-order valence-electron chi connectivity index (χ0n) is 16.0. The molecule has 0 amide bonds. The molecule has 0 saturated heterocycles. The van der Waals surface area contributed by atoms with Gasteiger partial charge in [0, 0.05) is 11.8 Å². The van der Waals surface area contributed by atoms with E-state index in [1.807, 2.05) is 60.7 Å². The lowest BCUT2D eigenvalue weighted by Gasteiger charge is -2.13. The summed E-state index contributed by atoms with van der Waals surface area (Å²) in [6.07, 6.45) is 0. The van der Waals surface area contributed by atoms with Gasteiger partial charge >= 0.3 is 11.9 Å². The van der Waals surface area contributed by atoms with Gasteiger partial charge in [-0.1, -0.05) is 60.7 Å². The van der Waals surface area contributed by atoms with Crippen molar-refractivity contribution in [1.82, 2.24) is 4.57 Å². The largest absolute Gasteiger partial charge is 0.459 e. The molecule has 0 bridgehead atoms. The standard InChI is InChI=1S/C23H19NO5S/c25-20-11-18(22(26)28-13-16-7-3-1-4-8-16)12-21-24(20)19(15-30-21)23(27)29-14-17-9-5-2-6-10-17/h1-12,19H,13-15H2. The molecule has 4 rings (SSSR count). The highest BCUT2D eigenvalue weighted by atomic mass is 32.2. The Morgan fingerprint density at radius 1 is 0.900 bits per heavy atom. The van der Waals surface area contributed by atoms with E-state index in [1.165, 1.54) is 22.4 Å². The van der Waals surface area contributed by atoms with Crippen molar-refractivity contribution in [2.75, 3.05) is 5.75 Å². The first kappa shape index (κ1) is 20.0. The van der Waals surface area contributed by atoms with Crippen LogP contribution in [-0.4, -0.2) is 22.3 Å². The van der Waals surface area contributed by atoms with Crippen molar-refractivity contribution < 1.29 is 19.1 Å². The summed E-state index contributed by atoms with van der Waals surface area (Å²) < 4.78 is 12.1. The topological polar surface area (TPSA) is 74.6 Å². The molecular formula is C23H19NO5S. The summed E-state index contributed by atoms with van der Waals surface area (Å²) in [4.78, 5) is 37.5. The van der Waals surface area contributed by atoms with E-state index >= 15 is 0 Å². The van der Waals surface area contributed by atoms with Crippen LogP contribution in [0.4, 0.5) is 0 Å². The highest BCUT2D eigenvalue weighted by Gasteiger charge is 2.32. The van der Waals surface area contributed by atoms with Gasteiger partial charge in [-0.05, 0) is 17.2 Å². The molecule has 2 aromatic carbocycles. The minimum absolute atomic E-state index is 0.125. The van der Waals surface area contributed by atoms with E-state index in [0.29, 0.717) is 10.8 Å². The third-order valence-electron chi connectivity index (χ3n) is 4.68. The molecule has 1 aliphatic heterocycles. The van der Waals surface area contributed by atoms with Crippen LogP contribution in [-0.2, 0) is 27.5 Å². The molecule has 2 heterocycles. The van der Waals surface area contributed by atoms with Gasteiger partial charge in [-0.3, -0.25) is 9.36 Å². The molecule has 0 N–H and O–H groups in total. The number of carbonyl (C=O) groups excluding carboxylic acids is 2. The van der Waals surface area contributed by atoms with E-state index in [4.69, 9.17) is 9.47 Å². The second kappa shape index (κ2) is 9.00. The average Bonchev–Trinajstić information content (AvgIpc) is 3.22. The highest BCUT2D eigenvalue weighted by Crippen LogP contribution is 2.33. The lowest BCUT2D eigenvalue weighted by molar-refractivity contribution is -0.148. The Bertz CT molecular complexity index is 1110. The normalized spacial score (nSPS) is 14.7. The predicted octanol–water partition coefficient (Wildman–Crippen LogP) is 3.60. The van der Waals surface area contributed by atoms with Gasteiger partial charge in [0.05, 0.1) is 10.6 Å². The Morgan fingerprint density at radius 2 is 1.50 bits per heavy atom. The Labute approximate surface area is 177 Å². The molecule has 0 aliphatic carbocycles. The molecule has 3 aromatic rings. The van der Waals surface area contributed by atoms with Gasteiger partial charge in [-0.25, -0.2) is 9.59 Å². The number of hydrogen-bond acceptors (Lipinski definition) is 6. The first-order valence-corrected chi connectivity index (χ1v) is 10.4. The quantitative estimate of drug-likeness (QED) is 0.566.